The SMILES string of the molecule is COc1ccc([C@@H](C)NC(=O)c2ccc(CN3CCN(S(=O)(=O)c4ccccc4)CC3)cc2)cc1. The van der Waals surface area contributed by atoms with Gasteiger partial charge in [0.1, 0.15) is 5.75 Å². The van der Waals surface area contributed by atoms with Gasteiger partial charge in [-0.25, -0.2) is 8.42 Å². The fourth-order valence-electron chi connectivity index (χ4n) is 4.15. The quantitative estimate of drug-likeness (QED) is 0.518. The number of hydrogen-bond acceptors (Lipinski definition) is 5. The van der Waals surface area contributed by atoms with Gasteiger partial charge in [-0.2, -0.15) is 4.31 Å². The van der Waals surface area contributed by atoms with Crippen LogP contribution < -0.4 is 10.1 Å². The van der Waals surface area contributed by atoms with Gasteiger partial charge < -0.3 is 10.1 Å². The van der Waals surface area contributed by atoms with E-state index in [0.717, 1.165) is 16.9 Å². The third kappa shape index (κ3) is 6.08. The zero-order valence-electron chi connectivity index (χ0n) is 20.1. The smallest absolute Gasteiger partial charge is 0.251 e. The molecule has 3 aromatic rings. The van der Waals surface area contributed by atoms with E-state index in [0.29, 0.717) is 43.2 Å². The van der Waals surface area contributed by atoms with Crippen molar-refractivity contribution in [3.63, 3.8) is 0 Å². The van der Waals surface area contributed by atoms with Gasteiger partial charge in [-0.15, -0.1) is 0 Å². The molecule has 1 aliphatic heterocycles. The van der Waals surface area contributed by atoms with E-state index in [-0.39, 0.29) is 11.9 Å². The van der Waals surface area contributed by atoms with Crippen molar-refractivity contribution in [2.24, 2.45) is 0 Å². The fourth-order valence-corrected chi connectivity index (χ4v) is 5.59. The van der Waals surface area contributed by atoms with Crippen LogP contribution in [0.4, 0.5) is 0 Å². The molecule has 1 amide bonds. The summed E-state index contributed by atoms with van der Waals surface area (Å²) in [5, 5.41) is 3.03. The molecular formula is C27H31N3O4S. The van der Waals surface area contributed by atoms with E-state index < -0.39 is 10.0 Å². The number of carbonyl (C=O) groups is 1. The number of methoxy groups -OCH3 is 1. The lowest BCUT2D eigenvalue weighted by Gasteiger charge is -2.34. The standard InChI is InChI=1S/C27H31N3O4S/c1-21(23-12-14-25(34-2)15-13-23)28-27(31)24-10-8-22(9-11-24)20-29-16-18-30(19-17-29)35(32,33)26-6-4-3-5-7-26/h3-15,21H,16-20H2,1-2H3,(H,28,31)/t21-/m1/s1. The molecule has 0 bridgehead atoms. The van der Waals surface area contributed by atoms with Crippen molar-refractivity contribution < 1.29 is 17.9 Å². The van der Waals surface area contributed by atoms with Gasteiger partial charge in [0.2, 0.25) is 10.0 Å². The summed E-state index contributed by atoms with van der Waals surface area (Å²) in [6.07, 6.45) is 0. The monoisotopic (exact) mass is 493 g/mol. The van der Waals surface area contributed by atoms with E-state index in [1.165, 1.54) is 0 Å². The average molecular weight is 494 g/mol. The van der Waals surface area contributed by atoms with E-state index in [2.05, 4.69) is 10.2 Å². The molecule has 1 atom stereocenters. The van der Waals surface area contributed by atoms with Crippen LogP contribution in [-0.4, -0.2) is 56.8 Å². The lowest BCUT2D eigenvalue weighted by molar-refractivity contribution is 0.0940. The topological polar surface area (TPSA) is 79.0 Å². The van der Waals surface area contributed by atoms with E-state index in [1.54, 1.807) is 35.7 Å². The molecule has 0 unspecified atom stereocenters. The Morgan fingerprint density at radius 1 is 0.914 bits per heavy atom. The summed E-state index contributed by atoms with van der Waals surface area (Å²) in [5.41, 5.74) is 2.70. The summed E-state index contributed by atoms with van der Waals surface area (Å²) >= 11 is 0. The number of piperazine rings is 1. The van der Waals surface area contributed by atoms with Crippen LogP contribution in [-0.2, 0) is 16.6 Å². The molecule has 7 nitrogen and oxygen atoms in total. The van der Waals surface area contributed by atoms with Gasteiger partial charge in [-0.05, 0) is 54.4 Å². The Morgan fingerprint density at radius 3 is 2.14 bits per heavy atom. The van der Waals surface area contributed by atoms with Gasteiger partial charge in [0.05, 0.1) is 18.0 Å². The first-order chi connectivity index (χ1) is 16.9. The average Bonchev–Trinajstić information content (AvgIpc) is 2.90. The molecule has 0 aromatic heterocycles. The normalized spacial score (nSPS) is 15.9. The molecule has 1 saturated heterocycles. The molecule has 0 aliphatic carbocycles. The Labute approximate surface area is 207 Å². The number of hydrogen-bond donors (Lipinski definition) is 1. The molecule has 1 N–H and O–H groups in total. The minimum atomic E-state index is -3.45. The largest absolute Gasteiger partial charge is 0.497 e. The molecule has 0 radical (unpaired) electrons. The Morgan fingerprint density at radius 2 is 1.54 bits per heavy atom. The zero-order valence-corrected chi connectivity index (χ0v) is 20.9. The Bertz CT molecular complexity index is 1220. The van der Waals surface area contributed by atoms with Crippen LogP contribution in [0.25, 0.3) is 0 Å². The second kappa shape index (κ2) is 11.0. The van der Waals surface area contributed by atoms with E-state index in [1.807, 2.05) is 61.5 Å². The van der Waals surface area contributed by atoms with Crippen LogP contribution in [0.5, 0.6) is 5.75 Å². The highest BCUT2D eigenvalue weighted by Gasteiger charge is 2.28. The number of carbonyl (C=O) groups excluding carboxylic acids is 1. The first-order valence-electron chi connectivity index (χ1n) is 11.7. The molecule has 4 rings (SSSR count). The zero-order chi connectivity index (χ0) is 24.8. The maximum absolute atomic E-state index is 12.8. The summed E-state index contributed by atoms with van der Waals surface area (Å²) in [6.45, 7) is 4.90. The lowest BCUT2D eigenvalue weighted by Crippen LogP contribution is -2.48. The Balaban J connectivity index is 1.29. The molecule has 0 saturated carbocycles. The summed E-state index contributed by atoms with van der Waals surface area (Å²) in [6, 6.07) is 23.7. The van der Waals surface area contributed by atoms with Crippen molar-refractivity contribution in [3.8, 4) is 5.75 Å². The van der Waals surface area contributed by atoms with E-state index >= 15 is 0 Å². The van der Waals surface area contributed by atoms with Crippen LogP contribution in [0.1, 0.15) is 34.5 Å². The summed E-state index contributed by atoms with van der Waals surface area (Å²) < 4.78 is 32.4. The van der Waals surface area contributed by atoms with Gasteiger partial charge in [0.25, 0.3) is 5.91 Å². The molecule has 35 heavy (non-hydrogen) atoms. The van der Waals surface area contributed by atoms with Crippen molar-refractivity contribution in [3.05, 3.63) is 95.6 Å². The molecule has 3 aromatic carbocycles. The minimum Gasteiger partial charge on any atom is -0.497 e. The number of benzene rings is 3. The maximum atomic E-state index is 12.8. The van der Waals surface area contributed by atoms with E-state index in [9.17, 15) is 13.2 Å². The second-order valence-electron chi connectivity index (χ2n) is 8.66. The van der Waals surface area contributed by atoms with Gasteiger partial charge in [-0.1, -0.05) is 42.5 Å². The molecule has 1 aliphatic rings. The van der Waals surface area contributed by atoms with Gasteiger partial charge in [0.15, 0.2) is 0 Å². The third-order valence-electron chi connectivity index (χ3n) is 6.30. The predicted molar refractivity (Wildman–Crippen MR) is 136 cm³/mol. The number of rotatable bonds is 8. The highest BCUT2D eigenvalue weighted by molar-refractivity contribution is 7.89. The minimum absolute atomic E-state index is 0.125. The van der Waals surface area contributed by atoms with Crippen LogP contribution in [0, 0.1) is 0 Å². The Hall–Kier alpha value is -3.20. The summed E-state index contributed by atoms with van der Waals surface area (Å²) in [7, 11) is -1.83. The molecular weight excluding hydrogens is 462 g/mol. The van der Waals surface area contributed by atoms with Crippen LogP contribution >= 0.6 is 0 Å². The predicted octanol–water partition coefficient (Wildman–Crippen LogP) is 3.69. The number of amides is 1. The highest BCUT2D eigenvalue weighted by atomic mass is 32.2. The van der Waals surface area contributed by atoms with Crippen molar-refractivity contribution >= 4 is 15.9 Å². The van der Waals surface area contributed by atoms with E-state index in [4.69, 9.17) is 4.74 Å². The van der Waals surface area contributed by atoms with Crippen LogP contribution in [0.2, 0.25) is 0 Å². The van der Waals surface area contributed by atoms with Gasteiger partial charge in [-0.3, -0.25) is 9.69 Å². The third-order valence-corrected chi connectivity index (χ3v) is 8.21. The lowest BCUT2D eigenvalue weighted by atomic mass is 10.1. The summed E-state index contributed by atoms with van der Waals surface area (Å²) in [5.74, 6) is 0.654. The van der Waals surface area contributed by atoms with Crippen molar-refractivity contribution in [1.82, 2.24) is 14.5 Å². The number of ether oxygens (including phenoxy) is 1. The first-order valence-corrected chi connectivity index (χ1v) is 13.1. The number of nitrogens with one attached hydrogen (secondary N) is 1. The Kier molecular flexibility index (Phi) is 7.85. The fraction of sp³-hybridized carbons (Fsp3) is 0.296. The number of sulfonamides is 1. The van der Waals surface area contributed by atoms with Gasteiger partial charge in [0, 0.05) is 38.3 Å². The molecule has 8 heteroatoms. The molecule has 0 spiro atoms. The maximum Gasteiger partial charge on any atom is 0.251 e. The summed E-state index contributed by atoms with van der Waals surface area (Å²) in [4.78, 5) is 15.3. The molecule has 1 fully saturated rings. The molecule has 1 heterocycles. The second-order valence-corrected chi connectivity index (χ2v) is 10.6. The first kappa shape index (κ1) is 24.9. The molecule has 184 valence electrons. The van der Waals surface area contributed by atoms with Gasteiger partial charge >= 0.3 is 0 Å². The number of nitrogens with zero attached hydrogens (tertiary/aromatic N) is 2. The van der Waals surface area contributed by atoms with Crippen LogP contribution in [0.15, 0.2) is 83.8 Å². The van der Waals surface area contributed by atoms with Crippen molar-refractivity contribution in [1.29, 1.82) is 0 Å². The highest BCUT2D eigenvalue weighted by Crippen LogP contribution is 2.20. The van der Waals surface area contributed by atoms with Crippen molar-refractivity contribution in [2.75, 3.05) is 33.3 Å². The van der Waals surface area contributed by atoms with Crippen LogP contribution in [0.3, 0.4) is 0 Å². The van der Waals surface area contributed by atoms with Crippen molar-refractivity contribution in [2.45, 2.75) is 24.4 Å².